The molecule has 1 fully saturated rings. The summed E-state index contributed by atoms with van der Waals surface area (Å²) in [7, 11) is 11.7. The van der Waals surface area contributed by atoms with E-state index in [1.165, 1.54) is 0 Å². The van der Waals surface area contributed by atoms with E-state index in [2.05, 4.69) is 0 Å². The fourth-order valence-corrected chi connectivity index (χ4v) is 2.23. The van der Waals surface area contributed by atoms with Crippen molar-refractivity contribution in [2.45, 2.75) is 0 Å². The van der Waals surface area contributed by atoms with E-state index in [0.717, 1.165) is 0 Å². The maximum absolute atomic E-state index is 10.9. The molecule has 8 nitrogen and oxygen atoms in total. The first kappa shape index (κ1) is 18.8. The van der Waals surface area contributed by atoms with Crippen molar-refractivity contribution in [1.82, 2.24) is 19.6 Å². The summed E-state index contributed by atoms with van der Waals surface area (Å²) in [4.78, 5) is 28.6. The first-order chi connectivity index (χ1) is 10.4. The zero-order valence-electron chi connectivity index (χ0n) is 12.7. The maximum Gasteiger partial charge on any atom is 0.317 e. The Kier molecular flexibility index (Phi) is 8.32. The number of hydrogen-bond acceptors (Lipinski definition) is 6. The number of nitrogens with zero attached hydrogens (tertiary/aromatic N) is 4. The van der Waals surface area contributed by atoms with Gasteiger partial charge in [-0.2, -0.15) is 0 Å². The standard InChI is InChI=1S/C14H24N4O4/c1-15-3-4-16(2)6-8-18(12-14(21)22)10-9-17(7-5-15)11-13(19)20/h1-2H,3-12H2,(H,19,20)(H,21,22). The van der Waals surface area contributed by atoms with Gasteiger partial charge in [0.2, 0.25) is 0 Å². The molecule has 1 aliphatic heterocycles. The van der Waals surface area contributed by atoms with Crippen LogP contribution in [-0.2, 0) is 9.59 Å². The number of rotatable bonds is 4. The molecule has 0 aromatic heterocycles. The number of carboxylic acids is 2. The molecule has 0 aromatic rings. The summed E-state index contributed by atoms with van der Waals surface area (Å²) in [5.74, 6) is -1.82. The van der Waals surface area contributed by atoms with Crippen molar-refractivity contribution in [3.8, 4) is 0 Å². The Bertz CT molecular complexity index is 333. The molecule has 8 heteroatoms. The van der Waals surface area contributed by atoms with Gasteiger partial charge in [-0.1, -0.05) is 0 Å². The monoisotopic (exact) mass is 312 g/mol. The van der Waals surface area contributed by atoms with Gasteiger partial charge in [0.1, 0.15) is 0 Å². The lowest BCUT2D eigenvalue weighted by Crippen LogP contribution is -2.45. The summed E-state index contributed by atoms with van der Waals surface area (Å²) >= 11 is 0. The van der Waals surface area contributed by atoms with Crippen LogP contribution in [0.25, 0.3) is 0 Å². The molecule has 0 saturated carbocycles. The Labute approximate surface area is 131 Å². The summed E-state index contributed by atoms with van der Waals surface area (Å²) in [6.07, 6.45) is 0. The van der Waals surface area contributed by atoms with Gasteiger partial charge in [0, 0.05) is 66.5 Å². The Morgan fingerprint density at radius 3 is 1.27 bits per heavy atom. The normalized spacial score (nSPS) is 21.9. The molecule has 2 N–H and O–H groups in total. The van der Waals surface area contributed by atoms with Gasteiger partial charge in [0.15, 0.2) is 0 Å². The van der Waals surface area contributed by atoms with Gasteiger partial charge in [0.25, 0.3) is 0 Å². The second-order valence-electron chi connectivity index (χ2n) is 5.41. The molecule has 1 rings (SSSR count). The fraction of sp³-hybridized carbons (Fsp3) is 0.714. The lowest BCUT2D eigenvalue weighted by Gasteiger charge is -2.30. The smallest absolute Gasteiger partial charge is 0.317 e. The highest BCUT2D eigenvalue weighted by Gasteiger charge is 2.16. The third kappa shape index (κ3) is 8.28. The Hall–Kier alpha value is -1.22. The highest BCUT2D eigenvalue weighted by molar-refractivity contribution is 5.69. The van der Waals surface area contributed by atoms with Crippen LogP contribution in [0.4, 0.5) is 0 Å². The van der Waals surface area contributed by atoms with E-state index < -0.39 is 11.9 Å². The minimum Gasteiger partial charge on any atom is -0.480 e. The molecule has 0 atom stereocenters. The highest BCUT2D eigenvalue weighted by Crippen LogP contribution is 1.99. The first-order valence-corrected chi connectivity index (χ1v) is 7.24. The lowest BCUT2D eigenvalue weighted by molar-refractivity contribution is -0.140. The summed E-state index contributed by atoms with van der Waals surface area (Å²) in [5.41, 5.74) is 0. The third-order valence-electron chi connectivity index (χ3n) is 3.53. The molecular formula is C14H24N4O4. The fourth-order valence-electron chi connectivity index (χ4n) is 2.23. The average molecular weight is 312 g/mol. The van der Waals surface area contributed by atoms with Crippen molar-refractivity contribution in [2.75, 3.05) is 65.4 Å². The second kappa shape index (κ2) is 9.73. The van der Waals surface area contributed by atoms with Crippen LogP contribution < -0.4 is 0 Å². The molecule has 1 saturated heterocycles. The molecule has 1 aliphatic rings. The molecule has 0 unspecified atom stereocenters. The van der Waals surface area contributed by atoms with E-state index in [9.17, 15) is 9.59 Å². The summed E-state index contributed by atoms with van der Waals surface area (Å²) in [6, 6.07) is 0. The van der Waals surface area contributed by atoms with Crippen LogP contribution in [-0.4, -0.2) is 107 Å². The minimum absolute atomic E-state index is 0.0856. The lowest BCUT2D eigenvalue weighted by atomic mass is 10.3. The summed E-state index contributed by atoms with van der Waals surface area (Å²) < 4.78 is 0. The topological polar surface area (TPSA) is 87.6 Å². The Morgan fingerprint density at radius 2 is 0.955 bits per heavy atom. The Balaban J connectivity index is 2.66. The molecule has 4 radical (unpaired) electrons. The van der Waals surface area contributed by atoms with Crippen LogP contribution in [0.1, 0.15) is 0 Å². The van der Waals surface area contributed by atoms with E-state index >= 15 is 0 Å². The third-order valence-corrected chi connectivity index (χ3v) is 3.53. The van der Waals surface area contributed by atoms with Gasteiger partial charge in [0.05, 0.1) is 13.1 Å². The van der Waals surface area contributed by atoms with Crippen LogP contribution in [0.15, 0.2) is 0 Å². The molecule has 22 heavy (non-hydrogen) atoms. The van der Waals surface area contributed by atoms with E-state index in [1.807, 2.05) is 0 Å². The molecule has 124 valence electrons. The van der Waals surface area contributed by atoms with Crippen molar-refractivity contribution in [2.24, 2.45) is 0 Å². The van der Waals surface area contributed by atoms with Gasteiger partial charge in [-0.3, -0.25) is 29.2 Å². The van der Waals surface area contributed by atoms with E-state index in [0.29, 0.717) is 52.4 Å². The summed E-state index contributed by atoms with van der Waals surface area (Å²) in [6.45, 7) is 3.97. The van der Waals surface area contributed by atoms with Crippen LogP contribution in [0.2, 0.25) is 0 Å². The quantitative estimate of drug-likeness (QED) is 0.663. The highest BCUT2D eigenvalue weighted by atomic mass is 16.4. The zero-order valence-corrected chi connectivity index (χ0v) is 12.7. The van der Waals surface area contributed by atoms with Crippen LogP contribution in [0, 0.1) is 14.1 Å². The molecule has 1 heterocycles. The van der Waals surface area contributed by atoms with E-state index in [1.54, 1.807) is 19.6 Å². The summed E-state index contributed by atoms with van der Waals surface area (Å²) in [5, 5.41) is 17.9. The van der Waals surface area contributed by atoms with Crippen LogP contribution in [0.3, 0.4) is 0 Å². The average Bonchev–Trinajstić information content (AvgIpc) is 2.42. The largest absolute Gasteiger partial charge is 0.480 e. The van der Waals surface area contributed by atoms with Crippen molar-refractivity contribution in [3.63, 3.8) is 0 Å². The van der Waals surface area contributed by atoms with Crippen molar-refractivity contribution in [3.05, 3.63) is 14.1 Å². The Morgan fingerprint density at radius 1 is 0.682 bits per heavy atom. The van der Waals surface area contributed by atoms with Crippen molar-refractivity contribution < 1.29 is 19.8 Å². The van der Waals surface area contributed by atoms with Gasteiger partial charge < -0.3 is 10.2 Å². The predicted molar refractivity (Wildman–Crippen MR) is 79.9 cm³/mol. The molecule has 0 aliphatic carbocycles. The first-order valence-electron chi connectivity index (χ1n) is 7.24. The molecule has 0 spiro atoms. The zero-order chi connectivity index (χ0) is 16.5. The maximum atomic E-state index is 10.9. The van der Waals surface area contributed by atoms with Gasteiger partial charge in [-0.05, 0) is 0 Å². The van der Waals surface area contributed by atoms with Gasteiger partial charge >= 0.3 is 11.9 Å². The van der Waals surface area contributed by atoms with Crippen LogP contribution >= 0.6 is 0 Å². The molecule has 0 aromatic carbocycles. The van der Waals surface area contributed by atoms with E-state index in [-0.39, 0.29) is 13.1 Å². The number of hydrogen-bond donors (Lipinski definition) is 2. The second-order valence-corrected chi connectivity index (χ2v) is 5.41. The molecule has 0 amide bonds. The number of aliphatic carboxylic acids is 2. The minimum atomic E-state index is -0.909. The van der Waals surface area contributed by atoms with Crippen molar-refractivity contribution in [1.29, 1.82) is 0 Å². The number of carboxylic acid groups (broad SMARTS) is 2. The van der Waals surface area contributed by atoms with E-state index in [4.69, 9.17) is 24.3 Å². The number of carbonyl (C=O) groups is 2. The predicted octanol–water partition coefficient (Wildman–Crippen LogP) is -1.29. The van der Waals surface area contributed by atoms with Crippen LogP contribution in [0.5, 0.6) is 0 Å². The molecular weight excluding hydrogens is 288 g/mol. The van der Waals surface area contributed by atoms with Gasteiger partial charge in [-0.15, -0.1) is 0 Å². The molecule has 0 bridgehead atoms. The van der Waals surface area contributed by atoms with Crippen molar-refractivity contribution >= 4 is 11.9 Å². The SMILES string of the molecule is [CH]N1CCN([CH])CCN(CC(=O)O)CCN(CC(=O)O)CC1. The van der Waals surface area contributed by atoms with Gasteiger partial charge in [-0.25, -0.2) is 0 Å².